The Balaban J connectivity index is 1.44. The number of carbonyl (C=O) groups is 1. The van der Waals surface area contributed by atoms with Crippen molar-refractivity contribution in [2.45, 2.75) is 6.54 Å². The van der Waals surface area contributed by atoms with E-state index in [1.165, 1.54) is 16.9 Å². The number of nitrogens with zero attached hydrogens (tertiary/aromatic N) is 4. The van der Waals surface area contributed by atoms with Gasteiger partial charge in [-0.05, 0) is 36.4 Å². The Hall–Kier alpha value is -3.78. The van der Waals surface area contributed by atoms with Gasteiger partial charge >= 0.3 is 0 Å². The molecular weight excluding hydrogens is 411 g/mol. The summed E-state index contributed by atoms with van der Waals surface area (Å²) >= 11 is 0. The van der Waals surface area contributed by atoms with Gasteiger partial charge in [-0.3, -0.25) is 19.1 Å². The summed E-state index contributed by atoms with van der Waals surface area (Å²) in [4.78, 5) is 34.4. The lowest BCUT2D eigenvalue weighted by molar-refractivity contribution is 0.0594. The van der Waals surface area contributed by atoms with Gasteiger partial charge in [-0.15, -0.1) is 0 Å². The fourth-order valence-corrected chi connectivity index (χ4v) is 4.03. The van der Waals surface area contributed by atoms with Gasteiger partial charge in [0, 0.05) is 26.2 Å². The van der Waals surface area contributed by atoms with Crippen LogP contribution in [0.5, 0.6) is 0 Å². The van der Waals surface area contributed by atoms with Gasteiger partial charge in [-0.2, -0.15) is 0 Å². The standard InChI is InChI=1S/C24H21FN4O3/c25-18-7-2-4-9-20(18)29-22(26-19-8-3-1-6-17(19)23(29)30)16-27-11-13-28(14-12-27)24(31)21-10-5-15-32-21/h1-10,15H,11-14,16H2. The van der Waals surface area contributed by atoms with E-state index in [0.717, 1.165) is 0 Å². The molecule has 1 aliphatic heterocycles. The van der Waals surface area contributed by atoms with Crippen LogP contribution in [-0.4, -0.2) is 51.4 Å². The summed E-state index contributed by atoms with van der Waals surface area (Å²) in [5, 5.41) is 0.438. The number of hydrogen-bond donors (Lipinski definition) is 0. The second-order valence-corrected chi connectivity index (χ2v) is 7.68. The molecule has 1 saturated heterocycles. The second-order valence-electron chi connectivity index (χ2n) is 7.68. The quantitative estimate of drug-likeness (QED) is 0.496. The summed E-state index contributed by atoms with van der Waals surface area (Å²) in [6, 6.07) is 16.6. The van der Waals surface area contributed by atoms with Crippen molar-refractivity contribution in [2.24, 2.45) is 0 Å². The smallest absolute Gasteiger partial charge is 0.289 e. The first-order valence-electron chi connectivity index (χ1n) is 10.4. The molecule has 1 fully saturated rings. The first-order valence-corrected chi connectivity index (χ1v) is 10.4. The maximum absolute atomic E-state index is 14.6. The normalized spacial score (nSPS) is 14.7. The molecule has 4 aromatic rings. The van der Waals surface area contributed by atoms with Crippen molar-refractivity contribution in [3.05, 3.63) is 94.7 Å². The van der Waals surface area contributed by atoms with E-state index in [1.54, 1.807) is 53.4 Å². The number of benzene rings is 2. The van der Waals surface area contributed by atoms with Crippen molar-refractivity contribution in [1.82, 2.24) is 19.4 Å². The predicted molar refractivity (Wildman–Crippen MR) is 117 cm³/mol. The van der Waals surface area contributed by atoms with Crippen molar-refractivity contribution < 1.29 is 13.6 Å². The molecule has 32 heavy (non-hydrogen) atoms. The summed E-state index contributed by atoms with van der Waals surface area (Å²) < 4.78 is 21.2. The molecule has 1 aliphatic rings. The van der Waals surface area contributed by atoms with Crippen LogP contribution in [0.4, 0.5) is 4.39 Å². The van der Waals surface area contributed by atoms with Crippen LogP contribution in [0.25, 0.3) is 16.6 Å². The van der Waals surface area contributed by atoms with Gasteiger partial charge in [0.25, 0.3) is 11.5 Å². The van der Waals surface area contributed by atoms with Crippen LogP contribution < -0.4 is 5.56 Å². The zero-order chi connectivity index (χ0) is 22.1. The third-order valence-corrected chi connectivity index (χ3v) is 5.70. The lowest BCUT2D eigenvalue weighted by atomic mass is 10.2. The molecule has 0 aliphatic carbocycles. The number of para-hydroxylation sites is 2. The Bertz CT molecular complexity index is 1320. The molecule has 3 heterocycles. The van der Waals surface area contributed by atoms with Crippen molar-refractivity contribution in [2.75, 3.05) is 26.2 Å². The van der Waals surface area contributed by atoms with Crippen LogP contribution in [-0.2, 0) is 6.54 Å². The molecular formula is C24H21FN4O3. The van der Waals surface area contributed by atoms with Crippen molar-refractivity contribution in [3.63, 3.8) is 0 Å². The molecule has 5 rings (SSSR count). The number of halogens is 1. The summed E-state index contributed by atoms with van der Waals surface area (Å²) in [5.74, 6) is 0.163. The van der Waals surface area contributed by atoms with Crippen LogP contribution in [0, 0.1) is 5.82 Å². The molecule has 0 atom stereocenters. The van der Waals surface area contributed by atoms with Gasteiger partial charge in [-0.25, -0.2) is 9.37 Å². The molecule has 162 valence electrons. The highest BCUT2D eigenvalue weighted by molar-refractivity contribution is 5.91. The first-order chi connectivity index (χ1) is 15.6. The summed E-state index contributed by atoms with van der Waals surface area (Å²) in [5.41, 5.74) is 0.450. The van der Waals surface area contributed by atoms with Crippen LogP contribution >= 0.6 is 0 Å². The summed E-state index contributed by atoms with van der Waals surface area (Å²) in [6.45, 7) is 2.62. The molecule has 1 amide bonds. The molecule has 0 bridgehead atoms. The molecule has 0 unspecified atom stereocenters. The van der Waals surface area contributed by atoms with Crippen LogP contribution in [0.3, 0.4) is 0 Å². The lowest BCUT2D eigenvalue weighted by Crippen LogP contribution is -2.48. The van der Waals surface area contributed by atoms with Gasteiger partial charge in [0.1, 0.15) is 11.6 Å². The van der Waals surface area contributed by atoms with E-state index >= 15 is 0 Å². The average molecular weight is 432 g/mol. The largest absolute Gasteiger partial charge is 0.459 e. The van der Waals surface area contributed by atoms with E-state index in [1.807, 2.05) is 6.07 Å². The number of amides is 1. The fraction of sp³-hybridized carbons (Fsp3) is 0.208. The highest BCUT2D eigenvalue weighted by Crippen LogP contribution is 2.18. The lowest BCUT2D eigenvalue weighted by Gasteiger charge is -2.34. The van der Waals surface area contributed by atoms with Crippen LogP contribution in [0.2, 0.25) is 0 Å². The monoisotopic (exact) mass is 432 g/mol. The molecule has 0 N–H and O–H groups in total. The molecule has 0 spiro atoms. The maximum Gasteiger partial charge on any atom is 0.289 e. The van der Waals surface area contributed by atoms with Crippen molar-refractivity contribution >= 4 is 16.8 Å². The number of rotatable bonds is 4. The average Bonchev–Trinajstić information content (AvgIpc) is 3.35. The fourth-order valence-electron chi connectivity index (χ4n) is 4.03. The Morgan fingerprint density at radius 2 is 1.72 bits per heavy atom. The van der Waals surface area contributed by atoms with Gasteiger partial charge in [0.15, 0.2) is 5.76 Å². The topological polar surface area (TPSA) is 71.6 Å². The van der Waals surface area contributed by atoms with E-state index in [9.17, 15) is 14.0 Å². The van der Waals surface area contributed by atoms with E-state index < -0.39 is 5.82 Å². The molecule has 0 radical (unpaired) electrons. The number of carbonyl (C=O) groups excluding carboxylic acids is 1. The van der Waals surface area contributed by atoms with Gasteiger partial charge in [0.2, 0.25) is 0 Å². The first kappa shape index (κ1) is 20.1. The maximum atomic E-state index is 14.6. The Morgan fingerprint density at radius 3 is 2.47 bits per heavy atom. The SMILES string of the molecule is O=C(c1ccco1)N1CCN(Cc2nc3ccccc3c(=O)n2-c2ccccc2F)CC1. The van der Waals surface area contributed by atoms with Crippen molar-refractivity contribution in [3.8, 4) is 5.69 Å². The van der Waals surface area contributed by atoms with Gasteiger partial charge < -0.3 is 9.32 Å². The second kappa shape index (κ2) is 8.39. The van der Waals surface area contributed by atoms with E-state index in [-0.39, 0.29) is 17.2 Å². The minimum Gasteiger partial charge on any atom is -0.459 e. The number of aromatic nitrogens is 2. The zero-order valence-corrected chi connectivity index (χ0v) is 17.3. The van der Waals surface area contributed by atoms with Gasteiger partial charge in [-0.1, -0.05) is 24.3 Å². The summed E-state index contributed by atoms with van der Waals surface area (Å²) in [7, 11) is 0. The number of hydrogen-bond acceptors (Lipinski definition) is 5. The number of furan rings is 1. The predicted octanol–water partition coefficient (Wildman–Crippen LogP) is 3.08. The number of fused-ring (bicyclic) bond motifs is 1. The third kappa shape index (κ3) is 3.69. The Labute approximate surface area is 183 Å². The van der Waals surface area contributed by atoms with Gasteiger partial charge in [0.05, 0.1) is 29.4 Å². The van der Waals surface area contributed by atoms with E-state index in [2.05, 4.69) is 4.90 Å². The Kier molecular flexibility index (Phi) is 5.28. The number of piperazine rings is 1. The zero-order valence-electron chi connectivity index (χ0n) is 17.3. The molecule has 0 saturated carbocycles. The van der Waals surface area contributed by atoms with Crippen molar-refractivity contribution in [1.29, 1.82) is 0 Å². The third-order valence-electron chi connectivity index (χ3n) is 5.70. The molecule has 2 aromatic carbocycles. The molecule has 2 aromatic heterocycles. The minimum absolute atomic E-state index is 0.137. The molecule has 7 nitrogen and oxygen atoms in total. The van der Waals surface area contributed by atoms with Crippen LogP contribution in [0.15, 0.2) is 76.1 Å². The van der Waals surface area contributed by atoms with Crippen LogP contribution in [0.1, 0.15) is 16.4 Å². The minimum atomic E-state index is -0.484. The summed E-state index contributed by atoms with van der Waals surface area (Å²) in [6.07, 6.45) is 1.48. The van der Waals surface area contributed by atoms with E-state index in [0.29, 0.717) is 55.2 Å². The highest BCUT2D eigenvalue weighted by atomic mass is 19.1. The molecule has 8 heteroatoms. The van der Waals surface area contributed by atoms with E-state index in [4.69, 9.17) is 9.40 Å². The highest BCUT2D eigenvalue weighted by Gasteiger charge is 2.25. The Morgan fingerprint density at radius 1 is 0.969 bits per heavy atom.